The Morgan fingerprint density at radius 2 is 1.32 bits per heavy atom. The van der Waals surface area contributed by atoms with E-state index in [9.17, 15) is 43.5 Å². The average Bonchev–Trinajstić information content (AvgIpc) is 1.37. The molecule has 1 aliphatic rings. The van der Waals surface area contributed by atoms with Gasteiger partial charge in [0.25, 0.3) is 0 Å². The van der Waals surface area contributed by atoms with Gasteiger partial charge in [0.15, 0.2) is 11.6 Å². The second-order valence-electron chi connectivity index (χ2n) is 26.2. The Bertz CT molecular complexity index is 2620. The smallest absolute Gasteiger partial charge is 0.410 e. The van der Waals surface area contributed by atoms with E-state index in [0.29, 0.717) is 108 Å². The van der Waals surface area contributed by atoms with Crippen LogP contribution in [0.5, 0.6) is 0 Å². The number of carbonyl (C=O) groups excluding carboxylic acids is 8. The molecule has 0 radical (unpaired) electrons. The summed E-state index contributed by atoms with van der Waals surface area (Å²) in [6.45, 7) is 22.4. The molecule has 0 bridgehead atoms. The molecule has 1 heterocycles. The first-order valence-corrected chi connectivity index (χ1v) is 34.1. The highest BCUT2D eigenvalue weighted by Crippen LogP contribution is 2.31. The zero-order valence-corrected chi connectivity index (χ0v) is 59.7. The average molecular weight is 1360 g/mol. The summed E-state index contributed by atoms with van der Waals surface area (Å²) in [5.74, 6) is 1.66. The highest BCUT2D eigenvalue weighted by molar-refractivity contribution is 5.92. The number of likely N-dealkylation sites (tertiary alicyclic amines) is 1. The molecule has 0 aromatic heterocycles. The molecule has 3 rings (SSSR count). The van der Waals surface area contributed by atoms with Crippen LogP contribution in [0.4, 0.5) is 9.59 Å². The first-order valence-electron chi connectivity index (χ1n) is 34.1. The molecule has 1 saturated heterocycles. The third-order valence-corrected chi connectivity index (χ3v) is 18.0. The summed E-state index contributed by atoms with van der Waals surface area (Å²) in [5.41, 5.74) is 7.32. The number of ketones is 2. The van der Waals surface area contributed by atoms with Crippen molar-refractivity contribution in [3.63, 3.8) is 0 Å². The van der Waals surface area contributed by atoms with E-state index in [4.69, 9.17) is 44.8 Å². The van der Waals surface area contributed by atoms with Crippen molar-refractivity contribution in [1.82, 2.24) is 36.0 Å². The number of primary amides is 1. The number of Topliss-reactive ketones (excluding diaryl/α,β-unsaturated/α-hetero) is 2. The number of urea groups is 1. The van der Waals surface area contributed by atoms with Crippen LogP contribution in [0.15, 0.2) is 54.6 Å². The zero-order valence-electron chi connectivity index (χ0n) is 59.7. The van der Waals surface area contributed by atoms with Crippen LogP contribution in [0.2, 0.25) is 0 Å². The van der Waals surface area contributed by atoms with Crippen molar-refractivity contribution < 1.29 is 81.5 Å². The minimum Gasteiger partial charge on any atom is -0.445 e. The maximum Gasteiger partial charge on any atom is 0.410 e. The van der Waals surface area contributed by atoms with Gasteiger partial charge in [-0.05, 0) is 85.4 Å². The molecule has 0 spiro atoms. The standard InChI is InChI=1S/C70H117N9O17/c1-15-48(8)63(59(89-13)41-60(82)79-30-20-24-57(79)65(90-14)49(9)66(84)75-50(10)64(83)53-21-17-16-18-22-53)77(11)68(86)61(46(4)5)76-67(85)62(47(6)7)78(12)70(88)95-43-52-27-25-51(26-28-52)39-58(81)56(23-19-29-73-69(71)87)74-42-54(45(2)3)40-55(80)44-94-36-35-92-32-31-91-33-34-93-37-38-96-72/h16-18,21-22,25-28,45-50,54,56-57,59,61-65,74,83H,15,19-20,23-24,29-44,72H2,1-14H3,(H,75,84)(H,76,85)(H3,71,73,87)/t48-,49+,50+,54?,56?,57-,59+,61-,62-,63-,64+,65+/m0/s1. The van der Waals surface area contributed by atoms with Gasteiger partial charge in [-0.25, -0.2) is 15.5 Å². The van der Waals surface area contributed by atoms with Crippen LogP contribution < -0.4 is 32.9 Å². The fourth-order valence-electron chi connectivity index (χ4n) is 12.1. The zero-order chi connectivity index (χ0) is 71.4. The third-order valence-electron chi connectivity index (χ3n) is 18.0. The molecule has 544 valence electrons. The Hall–Kier alpha value is -6.20. The fraction of sp³-hybridized carbons (Fsp3) is 0.714. The molecule has 1 fully saturated rings. The van der Waals surface area contributed by atoms with E-state index in [2.05, 4.69) is 26.1 Å². The summed E-state index contributed by atoms with van der Waals surface area (Å²) in [6.07, 6.45) is -0.0820. The molecule has 9 N–H and O–H groups in total. The molecule has 2 aromatic rings. The number of rotatable bonds is 49. The summed E-state index contributed by atoms with van der Waals surface area (Å²) in [6, 6.07) is 11.2. The molecular formula is C70H117N9O17. The van der Waals surface area contributed by atoms with Gasteiger partial charge >= 0.3 is 12.1 Å². The Balaban J connectivity index is 1.62. The number of benzene rings is 2. The Kier molecular flexibility index (Phi) is 39.7. The van der Waals surface area contributed by atoms with Gasteiger partial charge in [0.05, 0.1) is 108 Å². The van der Waals surface area contributed by atoms with Gasteiger partial charge in [-0.3, -0.25) is 33.7 Å². The molecule has 96 heavy (non-hydrogen) atoms. The van der Waals surface area contributed by atoms with Crippen molar-refractivity contribution in [2.45, 2.75) is 182 Å². The number of nitrogens with one attached hydrogen (secondary N) is 4. The lowest BCUT2D eigenvalue weighted by Crippen LogP contribution is -2.60. The van der Waals surface area contributed by atoms with E-state index in [-0.39, 0.29) is 86.8 Å². The van der Waals surface area contributed by atoms with Crippen LogP contribution in [0.25, 0.3) is 0 Å². The lowest BCUT2D eigenvalue weighted by atomic mass is 9.89. The number of nitrogens with two attached hydrogens (primary N) is 2. The second kappa shape index (κ2) is 45.4. The monoisotopic (exact) mass is 1360 g/mol. The number of aliphatic hydroxyl groups is 1. The van der Waals surface area contributed by atoms with Crippen molar-refractivity contribution >= 4 is 47.3 Å². The van der Waals surface area contributed by atoms with E-state index in [1.165, 1.54) is 26.2 Å². The molecule has 26 nitrogen and oxygen atoms in total. The van der Waals surface area contributed by atoms with E-state index in [1.54, 1.807) is 80.9 Å². The maximum atomic E-state index is 14.8. The van der Waals surface area contributed by atoms with E-state index >= 15 is 0 Å². The fourth-order valence-corrected chi connectivity index (χ4v) is 12.1. The van der Waals surface area contributed by atoms with Crippen LogP contribution in [0.1, 0.15) is 137 Å². The summed E-state index contributed by atoms with van der Waals surface area (Å²) < 4.78 is 39.7. The molecule has 0 aliphatic carbocycles. The molecule has 2 unspecified atom stereocenters. The van der Waals surface area contributed by atoms with E-state index < -0.39 is 96.3 Å². The Morgan fingerprint density at radius 3 is 1.88 bits per heavy atom. The number of methoxy groups -OCH3 is 2. The molecular weight excluding hydrogens is 1240 g/mol. The van der Waals surface area contributed by atoms with Crippen molar-refractivity contribution in [2.24, 2.45) is 47.1 Å². The first-order chi connectivity index (χ1) is 45.7. The van der Waals surface area contributed by atoms with Crippen LogP contribution >= 0.6 is 0 Å². The van der Waals surface area contributed by atoms with Gasteiger partial charge in [0, 0.05) is 54.2 Å². The molecule has 0 saturated carbocycles. The number of likely N-dealkylation sites (N-methyl/N-ethyl adjacent to an activating group) is 2. The van der Waals surface area contributed by atoms with Gasteiger partial charge in [-0.1, -0.05) is 123 Å². The summed E-state index contributed by atoms with van der Waals surface area (Å²) in [7, 11) is 6.16. The van der Waals surface area contributed by atoms with Crippen molar-refractivity contribution in [3.05, 3.63) is 71.3 Å². The quantitative estimate of drug-likeness (QED) is 0.0327. The Labute approximate surface area is 570 Å². The van der Waals surface area contributed by atoms with Gasteiger partial charge in [-0.2, -0.15) is 0 Å². The maximum absolute atomic E-state index is 14.8. The first kappa shape index (κ1) is 84.0. The molecule has 12 atom stereocenters. The lowest BCUT2D eigenvalue weighted by Gasteiger charge is -2.41. The number of nitrogens with zero attached hydrogens (tertiary/aromatic N) is 3. The number of hydrogen-bond acceptors (Lipinski definition) is 19. The summed E-state index contributed by atoms with van der Waals surface area (Å²) in [5, 5.41) is 22.9. The van der Waals surface area contributed by atoms with Gasteiger partial charge in [0.2, 0.25) is 23.6 Å². The predicted octanol–water partition coefficient (Wildman–Crippen LogP) is 5.29. The Morgan fingerprint density at radius 1 is 0.719 bits per heavy atom. The van der Waals surface area contributed by atoms with Crippen molar-refractivity contribution in [2.75, 3.05) is 107 Å². The second-order valence-corrected chi connectivity index (χ2v) is 26.2. The third kappa shape index (κ3) is 28.7. The number of carbonyl (C=O) groups is 8. The van der Waals surface area contributed by atoms with Gasteiger partial charge in [0.1, 0.15) is 25.3 Å². The topological polar surface area (TPSA) is 341 Å². The summed E-state index contributed by atoms with van der Waals surface area (Å²) in [4.78, 5) is 119. The number of amides is 7. The largest absolute Gasteiger partial charge is 0.445 e. The molecule has 2 aromatic carbocycles. The predicted molar refractivity (Wildman–Crippen MR) is 364 cm³/mol. The highest BCUT2D eigenvalue weighted by atomic mass is 16.6. The molecule has 7 amide bonds. The number of hydrogen-bond donors (Lipinski definition) is 7. The highest BCUT2D eigenvalue weighted by Gasteiger charge is 2.44. The molecule has 26 heteroatoms. The summed E-state index contributed by atoms with van der Waals surface area (Å²) >= 11 is 0. The van der Waals surface area contributed by atoms with Crippen LogP contribution in [0, 0.1) is 35.5 Å². The van der Waals surface area contributed by atoms with Crippen molar-refractivity contribution in [3.8, 4) is 0 Å². The van der Waals surface area contributed by atoms with Crippen LogP contribution in [-0.4, -0.2) is 223 Å². The minimum absolute atomic E-state index is 0.0721. The van der Waals surface area contributed by atoms with Gasteiger partial charge < -0.3 is 79.9 Å². The molecule has 1 aliphatic heterocycles. The van der Waals surface area contributed by atoms with E-state index in [0.717, 1.165) is 0 Å². The normalized spacial score (nSPS) is 16.7. The SMILES string of the molecule is CC[C@H](C)[C@@H]([C@@H](CC(=O)N1CCC[C@H]1[C@H](OC)[C@@H](C)C(=O)N[C@H](C)[C@@H](O)c1ccccc1)OC)N(C)C(=O)[C@@H](NC(=O)[C@H](C(C)C)N(C)C(=O)OCc1ccc(CC(=O)C(CCCNC(N)=O)NCC(CC(=O)COCCOCCOCCOCCON)C(C)C)cc1)C(C)C. The van der Waals surface area contributed by atoms with E-state index in [1.807, 2.05) is 59.7 Å². The van der Waals surface area contributed by atoms with Crippen molar-refractivity contribution in [1.29, 1.82) is 0 Å². The number of ether oxygens (including phenoxy) is 7. The van der Waals surface area contributed by atoms with Crippen LogP contribution in [0.3, 0.4) is 0 Å². The lowest BCUT2D eigenvalue weighted by molar-refractivity contribution is -0.148. The minimum atomic E-state index is -1.05. The van der Waals surface area contributed by atoms with Crippen LogP contribution in [-0.2, 0) is 79.8 Å². The van der Waals surface area contributed by atoms with Gasteiger partial charge in [-0.15, -0.1) is 0 Å². The number of aliphatic hydroxyl groups excluding tert-OH is 1.